The van der Waals surface area contributed by atoms with E-state index in [1.54, 1.807) is 0 Å². The van der Waals surface area contributed by atoms with Crippen molar-refractivity contribution in [2.45, 2.75) is 72.1 Å². The Bertz CT molecular complexity index is 481. The smallest absolute Gasteiger partial charge is 0.164 e. The Balaban J connectivity index is 2.14. The van der Waals surface area contributed by atoms with Crippen molar-refractivity contribution in [3.8, 4) is 0 Å². The maximum atomic E-state index is 10.1. The molecule has 3 heteroatoms. The van der Waals surface area contributed by atoms with E-state index in [0.29, 0.717) is 6.42 Å². The molecular formula is C18H28O3. The molecule has 0 amide bonds. The first kappa shape index (κ1) is 16.5. The molecule has 1 aliphatic heterocycles. The van der Waals surface area contributed by atoms with Gasteiger partial charge in [-0.15, -0.1) is 0 Å². The van der Waals surface area contributed by atoms with Gasteiger partial charge in [-0.2, -0.15) is 0 Å². The third-order valence-electron chi connectivity index (χ3n) is 4.10. The second kappa shape index (κ2) is 6.07. The quantitative estimate of drug-likeness (QED) is 0.802. The van der Waals surface area contributed by atoms with E-state index in [4.69, 9.17) is 9.47 Å². The van der Waals surface area contributed by atoms with Crippen LogP contribution in [0.1, 0.15) is 48.0 Å². The Kier molecular flexibility index (Phi) is 4.76. The van der Waals surface area contributed by atoms with Gasteiger partial charge in [0.2, 0.25) is 0 Å². The Labute approximate surface area is 128 Å². The Morgan fingerprint density at radius 3 is 2.52 bits per heavy atom. The summed E-state index contributed by atoms with van der Waals surface area (Å²) >= 11 is 0. The highest BCUT2D eigenvalue weighted by Crippen LogP contribution is 2.40. The lowest BCUT2D eigenvalue weighted by molar-refractivity contribution is -0.140. The lowest BCUT2D eigenvalue weighted by Gasteiger charge is -2.28. The molecule has 1 saturated heterocycles. The van der Waals surface area contributed by atoms with Crippen molar-refractivity contribution in [2.24, 2.45) is 5.92 Å². The minimum atomic E-state index is -0.549. The first-order valence-corrected chi connectivity index (χ1v) is 7.76. The van der Waals surface area contributed by atoms with E-state index in [1.807, 2.05) is 33.8 Å². The molecule has 0 unspecified atom stereocenters. The number of allylic oxidation sites excluding steroid dienone is 3. The van der Waals surface area contributed by atoms with Crippen molar-refractivity contribution in [2.75, 3.05) is 0 Å². The van der Waals surface area contributed by atoms with Crippen molar-refractivity contribution in [3.63, 3.8) is 0 Å². The number of rotatable bonds is 4. The minimum absolute atomic E-state index is 0.00282. The molecule has 118 valence electrons. The van der Waals surface area contributed by atoms with Crippen molar-refractivity contribution in [1.29, 1.82) is 0 Å². The highest BCUT2D eigenvalue weighted by Gasteiger charge is 2.45. The van der Waals surface area contributed by atoms with Gasteiger partial charge in [0.15, 0.2) is 5.79 Å². The van der Waals surface area contributed by atoms with E-state index < -0.39 is 11.9 Å². The molecule has 1 aliphatic carbocycles. The monoisotopic (exact) mass is 292 g/mol. The number of ether oxygens (including phenoxy) is 2. The van der Waals surface area contributed by atoms with Gasteiger partial charge < -0.3 is 14.6 Å². The average Bonchev–Trinajstić information content (AvgIpc) is 2.64. The van der Waals surface area contributed by atoms with Crippen LogP contribution in [0.25, 0.3) is 0 Å². The lowest BCUT2D eigenvalue weighted by Crippen LogP contribution is -2.31. The molecule has 4 atom stereocenters. The van der Waals surface area contributed by atoms with Crippen LogP contribution < -0.4 is 0 Å². The van der Waals surface area contributed by atoms with Gasteiger partial charge in [0.05, 0.1) is 6.10 Å². The number of aliphatic hydroxyl groups is 1. The average molecular weight is 292 g/mol. The maximum Gasteiger partial charge on any atom is 0.164 e. The molecule has 0 bridgehead atoms. The van der Waals surface area contributed by atoms with Crippen molar-refractivity contribution < 1.29 is 14.6 Å². The normalized spacial score (nSPS) is 30.0. The molecule has 2 aliphatic rings. The van der Waals surface area contributed by atoms with Crippen LogP contribution in [-0.2, 0) is 9.47 Å². The summed E-state index contributed by atoms with van der Waals surface area (Å²) in [5, 5.41) is 10.1. The van der Waals surface area contributed by atoms with Gasteiger partial charge in [0.25, 0.3) is 0 Å². The van der Waals surface area contributed by atoms with Gasteiger partial charge in [0.1, 0.15) is 12.2 Å². The fourth-order valence-corrected chi connectivity index (χ4v) is 3.15. The predicted octanol–water partition coefficient (Wildman–Crippen LogP) is 3.75. The summed E-state index contributed by atoms with van der Waals surface area (Å²) in [7, 11) is 0. The van der Waals surface area contributed by atoms with Crippen LogP contribution in [0.3, 0.4) is 0 Å². The van der Waals surface area contributed by atoms with Gasteiger partial charge >= 0.3 is 0 Å². The second-order valence-corrected chi connectivity index (χ2v) is 7.00. The Hall–Kier alpha value is -0.900. The molecule has 2 rings (SSSR count). The number of hydrogen-bond acceptors (Lipinski definition) is 3. The molecule has 0 aromatic carbocycles. The number of aliphatic hydroxyl groups excluding tert-OH is 1. The highest BCUT2D eigenvalue weighted by molar-refractivity contribution is 5.34. The molecule has 0 aromatic rings. The third kappa shape index (κ3) is 3.85. The van der Waals surface area contributed by atoms with E-state index in [-0.39, 0.29) is 18.1 Å². The molecular weight excluding hydrogens is 264 g/mol. The van der Waals surface area contributed by atoms with Crippen molar-refractivity contribution >= 4 is 0 Å². The molecule has 3 nitrogen and oxygen atoms in total. The van der Waals surface area contributed by atoms with E-state index in [9.17, 15) is 5.11 Å². The fraction of sp³-hybridized carbons (Fsp3) is 0.667. The summed E-state index contributed by atoms with van der Waals surface area (Å²) in [5.41, 5.74) is 3.56. The molecule has 21 heavy (non-hydrogen) atoms. The first-order valence-electron chi connectivity index (χ1n) is 7.76. The standard InChI is InChI=1S/C18H28O3/c1-11(2)9-14(19)10-13(4)15-8-7-12(3)16-17(15)21-18(5,6)20-16/h7-9,13-14,16-17,19H,10H2,1-6H3/t13-,14+,16+,17-/m1/s1. The zero-order valence-electron chi connectivity index (χ0n) is 14.0. The number of hydrogen-bond donors (Lipinski definition) is 1. The van der Waals surface area contributed by atoms with Crippen LogP contribution in [0.15, 0.2) is 34.9 Å². The van der Waals surface area contributed by atoms with Crippen LogP contribution >= 0.6 is 0 Å². The molecule has 0 aromatic heterocycles. The van der Waals surface area contributed by atoms with Crippen molar-refractivity contribution in [1.82, 2.24) is 0 Å². The summed E-state index contributed by atoms with van der Waals surface area (Å²) in [4.78, 5) is 0. The summed E-state index contributed by atoms with van der Waals surface area (Å²) < 4.78 is 12.1. The summed E-state index contributed by atoms with van der Waals surface area (Å²) in [6, 6.07) is 0. The van der Waals surface area contributed by atoms with Crippen LogP contribution in [0.2, 0.25) is 0 Å². The molecule has 0 spiro atoms. The lowest BCUT2D eigenvalue weighted by atomic mass is 9.83. The van der Waals surface area contributed by atoms with Crippen LogP contribution in [0.4, 0.5) is 0 Å². The third-order valence-corrected chi connectivity index (χ3v) is 4.10. The highest BCUT2D eigenvalue weighted by atomic mass is 16.8. The second-order valence-electron chi connectivity index (χ2n) is 7.00. The van der Waals surface area contributed by atoms with Crippen LogP contribution in [0.5, 0.6) is 0 Å². The zero-order chi connectivity index (χ0) is 15.8. The van der Waals surface area contributed by atoms with Crippen LogP contribution in [-0.4, -0.2) is 29.2 Å². The molecule has 0 saturated carbocycles. The van der Waals surface area contributed by atoms with Crippen molar-refractivity contribution in [3.05, 3.63) is 34.9 Å². The van der Waals surface area contributed by atoms with E-state index >= 15 is 0 Å². The fourth-order valence-electron chi connectivity index (χ4n) is 3.15. The topological polar surface area (TPSA) is 38.7 Å². The van der Waals surface area contributed by atoms with E-state index in [1.165, 1.54) is 11.1 Å². The summed E-state index contributed by atoms with van der Waals surface area (Å²) in [6.45, 7) is 12.2. The van der Waals surface area contributed by atoms with E-state index in [2.05, 4.69) is 26.0 Å². The van der Waals surface area contributed by atoms with Gasteiger partial charge in [-0.1, -0.05) is 30.7 Å². The number of fused-ring (bicyclic) bond motifs is 1. The van der Waals surface area contributed by atoms with Gasteiger partial charge in [-0.3, -0.25) is 0 Å². The zero-order valence-corrected chi connectivity index (χ0v) is 14.0. The van der Waals surface area contributed by atoms with Gasteiger partial charge in [-0.05, 0) is 58.1 Å². The summed E-state index contributed by atoms with van der Waals surface area (Å²) in [6.07, 6.45) is 6.44. The predicted molar refractivity (Wildman–Crippen MR) is 84.9 cm³/mol. The summed E-state index contributed by atoms with van der Waals surface area (Å²) in [5.74, 6) is -0.295. The van der Waals surface area contributed by atoms with Gasteiger partial charge in [-0.25, -0.2) is 0 Å². The molecule has 1 heterocycles. The molecule has 0 radical (unpaired) electrons. The van der Waals surface area contributed by atoms with Crippen LogP contribution in [0, 0.1) is 5.92 Å². The van der Waals surface area contributed by atoms with E-state index in [0.717, 1.165) is 5.57 Å². The first-order chi connectivity index (χ1) is 9.69. The largest absolute Gasteiger partial charge is 0.389 e. The molecule has 1 fully saturated rings. The SMILES string of the molecule is CC(C)=C[C@H](O)C[C@@H](C)C1=CC=C(C)[C@@H]2OC(C)(C)O[C@H]12. The van der Waals surface area contributed by atoms with Gasteiger partial charge in [0, 0.05) is 0 Å². The maximum absolute atomic E-state index is 10.1. The molecule has 1 N–H and O–H groups in total. The minimum Gasteiger partial charge on any atom is -0.389 e. The Morgan fingerprint density at radius 2 is 1.90 bits per heavy atom. The Morgan fingerprint density at radius 1 is 1.29 bits per heavy atom.